The van der Waals surface area contributed by atoms with Crippen LogP contribution in [0.5, 0.6) is 0 Å². The van der Waals surface area contributed by atoms with Crippen molar-refractivity contribution in [2.45, 2.75) is 45.2 Å². The van der Waals surface area contributed by atoms with Crippen molar-refractivity contribution in [1.29, 1.82) is 0 Å². The smallest absolute Gasteiger partial charge is 0.370 e. The molecule has 108 valence electrons. The number of unbranched alkanes of at least 4 members (excludes halogenated alkanes) is 1. The van der Waals surface area contributed by atoms with Gasteiger partial charge >= 0.3 is 6.18 Å². The largest absolute Gasteiger partial charge is 0.389 e. The van der Waals surface area contributed by atoms with Crippen molar-refractivity contribution in [3.05, 3.63) is 17.0 Å². The zero-order valence-electron chi connectivity index (χ0n) is 10.9. The Kier molecular flexibility index (Phi) is 5.85. The molecule has 0 saturated carbocycles. The summed E-state index contributed by atoms with van der Waals surface area (Å²) < 4.78 is 35.8. The average molecular weight is 296 g/mol. The predicted octanol–water partition coefficient (Wildman–Crippen LogP) is 4.40. The maximum Gasteiger partial charge on any atom is 0.389 e. The lowest BCUT2D eigenvalue weighted by atomic mass is 10.2. The summed E-state index contributed by atoms with van der Waals surface area (Å²) in [5, 5.41) is 3.29. The molecule has 1 aromatic rings. The minimum absolute atomic E-state index is 0.104. The molecule has 0 atom stereocenters. The third-order valence-corrected chi connectivity index (χ3v) is 2.62. The Morgan fingerprint density at radius 3 is 2.53 bits per heavy atom. The molecular weight excluding hydrogens is 279 g/mol. The molecule has 0 aliphatic rings. The molecule has 1 heterocycles. The van der Waals surface area contributed by atoms with Crippen molar-refractivity contribution in [1.82, 2.24) is 9.97 Å². The first kappa shape index (κ1) is 16.0. The van der Waals surface area contributed by atoms with Crippen LogP contribution in [0.3, 0.4) is 0 Å². The molecule has 0 spiro atoms. The SMILES string of the molecule is CC(C)c1nc(Cl)cc(NCCCCC(F)(F)F)n1. The van der Waals surface area contributed by atoms with Crippen molar-refractivity contribution in [3.8, 4) is 0 Å². The van der Waals surface area contributed by atoms with Gasteiger partial charge < -0.3 is 5.32 Å². The van der Waals surface area contributed by atoms with Gasteiger partial charge in [0.1, 0.15) is 16.8 Å². The molecule has 7 heteroatoms. The van der Waals surface area contributed by atoms with Crippen LogP contribution in [0.1, 0.15) is 44.9 Å². The molecule has 1 aromatic heterocycles. The number of nitrogens with one attached hydrogen (secondary N) is 1. The van der Waals surface area contributed by atoms with Crippen molar-refractivity contribution >= 4 is 17.4 Å². The molecule has 0 aromatic carbocycles. The molecule has 0 saturated heterocycles. The molecule has 0 amide bonds. The molecule has 0 radical (unpaired) electrons. The van der Waals surface area contributed by atoms with Gasteiger partial charge in [-0.2, -0.15) is 13.2 Å². The Bertz CT molecular complexity index is 408. The minimum Gasteiger partial charge on any atom is -0.370 e. The van der Waals surface area contributed by atoms with E-state index in [0.717, 1.165) is 0 Å². The molecule has 0 bridgehead atoms. The van der Waals surface area contributed by atoms with E-state index in [1.54, 1.807) is 6.07 Å². The topological polar surface area (TPSA) is 37.8 Å². The van der Waals surface area contributed by atoms with Crippen LogP contribution in [0.2, 0.25) is 5.15 Å². The zero-order valence-corrected chi connectivity index (χ0v) is 11.6. The summed E-state index contributed by atoms with van der Waals surface area (Å²) in [5.74, 6) is 1.31. The highest BCUT2D eigenvalue weighted by atomic mass is 35.5. The molecular formula is C12H17ClF3N3. The Morgan fingerprint density at radius 2 is 1.95 bits per heavy atom. The van der Waals surface area contributed by atoms with Gasteiger partial charge in [0.15, 0.2) is 0 Å². The summed E-state index contributed by atoms with van der Waals surface area (Å²) in [4.78, 5) is 8.33. The Balaban J connectivity index is 2.41. The molecule has 0 fully saturated rings. The average Bonchev–Trinajstić information content (AvgIpc) is 2.26. The number of aromatic nitrogens is 2. The van der Waals surface area contributed by atoms with Crippen molar-refractivity contribution in [3.63, 3.8) is 0 Å². The van der Waals surface area contributed by atoms with Crippen LogP contribution in [-0.2, 0) is 0 Å². The van der Waals surface area contributed by atoms with E-state index in [0.29, 0.717) is 29.8 Å². The van der Waals surface area contributed by atoms with E-state index in [4.69, 9.17) is 11.6 Å². The summed E-state index contributed by atoms with van der Waals surface area (Å²) in [6.07, 6.45) is -4.30. The van der Waals surface area contributed by atoms with Crippen molar-refractivity contribution in [2.75, 3.05) is 11.9 Å². The summed E-state index contributed by atoms with van der Waals surface area (Å²) in [5.41, 5.74) is 0. The number of rotatable bonds is 6. The Hall–Kier alpha value is -1.04. The first-order chi connectivity index (χ1) is 8.78. The van der Waals surface area contributed by atoms with E-state index in [1.807, 2.05) is 13.8 Å². The number of halogens is 4. The van der Waals surface area contributed by atoms with Gasteiger partial charge in [-0.05, 0) is 12.8 Å². The molecule has 0 aliphatic heterocycles. The van der Waals surface area contributed by atoms with E-state index in [1.165, 1.54) is 0 Å². The second kappa shape index (κ2) is 6.93. The third kappa shape index (κ3) is 6.61. The van der Waals surface area contributed by atoms with Gasteiger partial charge in [-0.15, -0.1) is 0 Å². The lowest BCUT2D eigenvalue weighted by Crippen LogP contribution is -2.10. The normalized spacial score (nSPS) is 11.9. The molecule has 1 rings (SSSR count). The fraction of sp³-hybridized carbons (Fsp3) is 0.667. The fourth-order valence-corrected chi connectivity index (χ4v) is 1.64. The van der Waals surface area contributed by atoms with Gasteiger partial charge in [0.2, 0.25) is 0 Å². The number of nitrogens with zero attached hydrogens (tertiary/aromatic N) is 2. The summed E-state index contributed by atoms with van der Waals surface area (Å²) in [6, 6.07) is 1.57. The monoisotopic (exact) mass is 295 g/mol. The fourth-order valence-electron chi connectivity index (χ4n) is 1.45. The number of hydrogen-bond acceptors (Lipinski definition) is 3. The van der Waals surface area contributed by atoms with Gasteiger partial charge in [0, 0.05) is 24.9 Å². The summed E-state index contributed by atoms with van der Waals surface area (Å²) >= 11 is 5.85. The Morgan fingerprint density at radius 1 is 1.26 bits per heavy atom. The first-order valence-corrected chi connectivity index (χ1v) is 6.51. The lowest BCUT2D eigenvalue weighted by Gasteiger charge is -2.10. The van der Waals surface area contributed by atoms with Crippen molar-refractivity contribution in [2.24, 2.45) is 0 Å². The van der Waals surface area contributed by atoms with Gasteiger partial charge in [-0.1, -0.05) is 25.4 Å². The highest BCUT2D eigenvalue weighted by Crippen LogP contribution is 2.22. The third-order valence-electron chi connectivity index (χ3n) is 2.42. The van der Waals surface area contributed by atoms with Crippen LogP contribution in [0.25, 0.3) is 0 Å². The number of hydrogen-bond donors (Lipinski definition) is 1. The summed E-state index contributed by atoms with van der Waals surface area (Å²) in [6.45, 7) is 4.32. The van der Waals surface area contributed by atoms with Crippen LogP contribution in [-0.4, -0.2) is 22.7 Å². The van der Waals surface area contributed by atoms with Gasteiger partial charge in [-0.25, -0.2) is 9.97 Å². The van der Waals surface area contributed by atoms with E-state index >= 15 is 0 Å². The van der Waals surface area contributed by atoms with Gasteiger partial charge in [0.25, 0.3) is 0 Å². The standard InChI is InChI=1S/C12H17ClF3N3/c1-8(2)11-18-9(13)7-10(19-11)17-6-4-3-5-12(14,15)16/h7-8H,3-6H2,1-2H3,(H,17,18,19). The predicted molar refractivity (Wildman–Crippen MR) is 69.5 cm³/mol. The Labute approximate surface area is 115 Å². The van der Waals surface area contributed by atoms with E-state index in [-0.39, 0.29) is 12.3 Å². The highest BCUT2D eigenvalue weighted by Gasteiger charge is 2.25. The van der Waals surface area contributed by atoms with Crippen LogP contribution in [0, 0.1) is 0 Å². The number of anilines is 1. The lowest BCUT2D eigenvalue weighted by molar-refractivity contribution is -0.135. The van der Waals surface area contributed by atoms with Crippen LogP contribution < -0.4 is 5.32 Å². The second-order valence-corrected chi connectivity index (χ2v) is 4.98. The van der Waals surface area contributed by atoms with E-state index in [9.17, 15) is 13.2 Å². The van der Waals surface area contributed by atoms with E-state index < -0.39 is 12.6 Å². The molecule has 19 heavy (non-hydrogen) atoms. The first-order valence-electron chi connectivity index (χ1n) is 6.13. The molecule has 3 nitrogen and oxygen atoms in total. The van der Waals surface area contributed by atoms with Gasteiger partial charge in [-0.3, -0.25) is 0 Å². The molecule has 1 N–H and O–H groups in total. The van der Waals surface area contributed by atoms with Gasteiger partial charge in [0.05, 0.1) is 0 Å². The maximum absolute atomic E-state index is 11.9. The molecule has 0 unspecified atom stereocenters. The van der Waals surface area contributed by atoms with Crippen molar-refractivity contribution < 1.29 is 13.2 Å². The van der Waals surface area contributed by atoms with Crippen LogP contribution in [0.4, 0.5) is 19.0 Å². The number of alkyl halides is 3. The zero-order chi connectivity index (χ0) is 14.5. The highest BCUT2D eigenvalue weighted by molar-refractivity contribution is 6.29. The van der Waals surface area contributed by atoms with E-state index in [2.05, 4.69) is 15.3 Å². The summed E-state index contributed by atoms with van der Waals surface area (Å²) in [7, 11) is 0. The van der Waals surface area contributed by atoms with Crippen LogP contribution >= 0.6 is 11.6 Å². The quantitative estimate of drug-likeness (QED) is 0.624. The minimum atomic E-state index is -4.08. The molecule has 0 aliphatic carbocycles. The maximum atomic E-state index is 11.9. The van der Waals surface area contributed by atoms with Crippen LogP contribution in [0.15, 0.2) is 6.07 Å². The second-order valence-electron chi connectivity index (χ2n) is 4.59.